The highest BCUT2D eigenvalue weighted by atomic mass is 32.2. The number of anilines is 1. The summed E-state index contributed by atoms with van der Waals surface area (Å²) in [5.74, 6) is 0. The first-order valence-electron chi connectivity index (χ1n) is 5.76. The Morgan fingerprint density at radius 2 is 2.00 bits per heavy atom. The van der Waals surface area contributed by atoms with E-state index in [9.17, 15) is 8.42 Å². The van der Waals surface area contributed by atoms with Crippen LogP contribution in [0.2, 0.25) is 0 Å². The van der Waals surface area contributed by atoms with Crippen molar-refractivity contribution in [2.75, 3.05) is 12.8 Å². The van der Waals surface area contributed by atoms with E-state index in [1.807, 2.05) is 31.2 Å². The summed E-state index contributed by atoms with van der Waals surface area (Å²) in [6, 6.07) is 9.25. The summed E-state index contributed by atoms with van der Waals surface area (Å²) in [6.45, 7) is 2.33. The summed E-state index contributed by atoms with van der Waals surface area (Å²) < 4.78 is 26.3. The number of sulfonamides is 1. The maximum absolute atomic E-state index is 12.3. The molecule has 0 aliphatic heterocycles. The Hall–Kier alpha value is -1.37. The number of nitrogens with two attached hydrogens (primary N) is 1. The zero-order valence-electron chi connectivity index (χ0n) is 10.8. The molecule has 0 radical (unpaired) electrons. The van der Waals surface area contributed by atoms with Crippen LogP contribution in [0.4, 0.5) is 5.69 Å². The number of rotatable bonds is 4. The number of nitrogens with zero attached hydrogens (tertiary/aromatic N) is 1. The molecule has 1 aromatic heterocycles. The van der Waals surface area contributed by atoms with Crippen molar-refractivity contribution in [2.45, 2.75) is 17.7 Å². The monoisotopic (exact) mass is 296 g/mol. The molecule has 0 aliphatic carbocycles. The minimum absolute atomic E-state index is 0.279. The average Bonchev–Trinajstić information content (AvgIpc) is 2.79. The normalized spacial score (nSPS) is 11.9. The van der Waals surface area contributed by atoms with Gasteiger partial charge >= 0.3 is 0 Å². The summed E-state index contributed by atoms with van der Waals surface area (Å²) >= 11 is 1.14. The smallest absolute Gasteiger partial charge is 0.252 e. The van der Waals surface area contributed by atoms with Crippen LogP contribution in [0.15, 0.2) is 39.9 Å². The maximum atomic E-state index is 12.3. The number of hydrogen-bond acceptors (Lipinski definition) is 4. The fraction of sp³-hybridized carbons (Fsp3) is 0.231. The Morgan fingerprint density at radius 1 is 1.32 bits per heavy atom. The van der Waals surface area contributed by atoms with Crippen molar-refractivity contribution >= 4 is 27.0 Å². The molecule has 0 bridgehead atoms. The fourth-order valence-corrected chi connectivity index (χ4v) is 4.17. The minimum atomic E-state index is -3.46. The predicted octanol–water partition coefficient (Wildman–Crippen LogP) is 2.46. The molecule has 1 heterocycles. The minimum Gasteiger partial charge on any atom is -0.398 e. The van der Waals surface area contributed by atoms with Crippen LogP contribution in [0.25, 0.3) is 0 Å². The molecule has 4 nitrogen and oxygen atoms in total. The lowest BCUT2D eigenvalue weighted by Gasteiger charge is -2.17. The van der Waals surface area contributed by atoms with Gasteiger partial charge in [-0.05, 0) is 24.1 Å². The molecule has 19 heavy (non-hydrogen) atoms. The largest absolute Gasteiger partial charge is 0.398 e. The van der Waals surface area contributed by atoms with Gasteiger partial charge < -0.3 is 5.73 Å². The highest BCUT2D eigenvalue weighted by molar-refractivity contribution is 7.91. The molecule has 0 amide bonds. The summed E-state index contributed by atoms with van der Waals surface area (Å²) in [4.78, 5) is 0. The van der Waals surface area contributed by atoms with E-state index < -0.39 is 10.0 Å². The van der Waals surface area contributed by atoms with E-state index in [1.54, 1.807) is 12.4 Å². The van der Waals surface area contributed by atoms with Crippen molar-refractivity contribution in [2.24, 2.45) is 0 Å². The lowest BCUT2D eigenvalue weighted by Crippen LogP contribution is -2.26. The topological polar surface area (TPSA) is 63.4 Å². The maximum Gasteiger partial charge on any atom is 0.252 e. The Bertz CT molecular complexity index is 677. The standard InChI is InChI=1S/C13H16N2O2S2/c1-10-5-3-4-6-11(10)8-15(2)19(16,17)13-7-12(14)9-18-13/h3-7,9H,8,14H2,1-2H3. The van der Waals surface area contributed by atoms with Crippen molar-refractivity contribution in [1.29, 1.82) is 0 Å². The Kier molecular flexibility index (Phi) is 3.93. The molecule has 0 saturated carbocycles. The first-order valence-corrected chi connectivity index (χ1v) is 8.08. The van der Waals surface area contributed by atoms with Gasteiger partial charge in [0.1, 0.15) is 4.21 Å². The van der Waals surface area contributed by atoms with Gasteiger partial charge in [0.25, 0.3) is 10.0 Å². The van der Waals surface area contributed by atoms with Crippen molar-refractivity contribution in [3.63, 3.8) is 0 Å². The van der Waals surface area contributed by atoms with E-state index in [0.29, 0.717) is 12.2 Å². The number of nitrogen functional groups attached to an aromatic ring is 1. The van der Waals surface area contributed by atoms with Crippen LogP contribution in [0, 0.1) is 6.92 Å². The SMILES string of the molecule is Cc1ccccc1CN(C)S(=O)(=O)c1cc(N)cs1. The van der Waals surface area contributed by atoms with Crippen LogP contribution < -0.4 is 5.73 Å². The number of thiophene rings is 1. The first-order chi connectivity index (χ1) is 8.91. The van der Waals surface area contributed by atoms with Crippen molar-refractivity contribution in [3.05, 3.63) is 46.8 Å². The molecule has 102 valence electrons. The number of benzene rings is 1. The Labute approximate surface area is 117 Å². The van der Waals surface area contributed by atoms with Gasteiger partial charge in [-0.1, -0.05) is 24.3 Å². The molecule has 2 aromatic rings. The molecule has 2 rings (SSSR count). The van der Waals surface area contributed by atoms with E-state index in [2.05, 4.69) is 0 Å². The molecule has 0 saturated heterocycles. The third kappa shape index (κ3) is 2.97. The van der Waals surface area contributed by atoms with Gasteiger partial charge in [0.05, 0.1) is 0 Å². The lowest BCUT2D eigenvalue weighted by molar-refractivity contribution is 0.468. The van der Waals surface area contributed by atoms with Crippen molar-refractivity contribution in [1.82, 2.24) is 4.31 Å². The molecule has 0 unspecified atom stereocenters. The molecule has 0 fully saturated rings. The van der Waals surface area contributed by atoms with E-state index in [0.717, 1.165) is 22.5 Å². The summed E-state index contributed by atoms with van der Waals surface area (Å²) in [6.07, 6.45) is 0. The van der Waals surface area contributed by atoms with Gasteiger partial charge in [-0.2, -0.15) is 4.31 Å². The van der Waals surface area contributed by atoms with Crippen LogP contribution in [0.1, 0.15) is 11.1 Å². The molecule has 1 aromatic carbocycles. The van der Waals surface area contributed by atoms with Crippen LogP contribution >= 0.6 is 11.3 Å². The van der Waals surface area contributed by atoms with E-state index >= 15 is 0 Å². The summed E-state index contributed by atoms with van der Waals surface area (Å²) in [5.41, 5.74) is 8.14. The second-order valence-electron chi connectivity index (χ2n) is 4.39. The zero-order chi connectivity index (χ0) is 14.0. The molecule has 0 aliphatic rings. The van der Waals surface area contributed by atoms with Crippen LogP contribution in [0.3, 0.4) is 0 Å². The Balaban J connectivity index is 2.25. The molecular weight excluding hydrogens is 280 g/mol. The van der Waals surface area contributed by atoms with Gasteiger partial charge in [0.2, 0.25) is 0 Å². The van der Waals surface area contributed by atoms with E-state index in [4.69, 9.17) is 5.73 Å². The third-order valence-corrected chi connectivity index (χ3v) is 6.15. The molecule has 0 atom stereocenters. The highest BCUT2D eigenvalue weighted by Crippen LogP contribution is 2.25. The average molecular weight is 296 g/mol. The van der Waals surface area contributed by atoms with Crippen LogP contribution in [0.5, 0.6) is 0 Å². The second-order valence-corrected chi connectivity index (χ2v) is 7.57. The van der Waals surface area contributed by atoms with Gasteiger partial charge in [0.15, 0.2) is 0 Å². The first kappa shape index (κ1) is 14.0. The van der Waals surface area contributed by atoms with Crippen molar-refractivity contribution in [3.8, 4) is 0 Å². The highest BCUT2D eigenvalue weighted by Gasteiger charge is 2.22. The fourth-order valence-electron chi connectivity index (χ4n) is 1.73. The molecule has 2 N–H and O–H groups in total. The summed E-state index contributed by atoms with van der Waals surface area (Å²) in [5, 5.41) is 1.63. The van der Waals surface area contributed by atoms with Crippen LogP contribution in [-0.4, -0.2) is 19.8 Å². The quantitative estimate of drug-likeness (QED) is 0.942. The van der Waals surface area contributed by atoms with E-state index in [1.165, 1.54) is 10.4 Å². The van der Waals surface area contributed by atoms with Gasteiger partial charge in [-0.3, -0.25) is 0 Å². The van der Waals surface area contributed by atoms with Crippen LogP contribution in [-0.2, 0) is 16.6 Å². The predicted molar refractivity (Wildman–Crippen MR) is 78.6 cm³/mol. The lowest BCUT2D eigenvalue weighted by atomic mass is 10.1. The van der Waals surface area contributed by atoms with Crippen molar-refractivity contribution < 1.29 is 8.42 Å². The third-order valence-electron chi connectivity index (χ3n) is 2.91. The zero-order valence-corrected chi connectivity index (χ0v) is 12.5. The second kappa shape index (κ2) is 5.32. The number of aryl methyl sites for hydroxylation is 1. The number of hydrogen-bond donors (Lipinski definition) is 1. The van der Waals surface area contributed by atoms with E-state index in [-0.39, 0.29) is 4.21 Å². The molecule has 6 heteroatoms. The molecule has 0 spiro atoms. The molecular formula is C13H16N2O2S2. The van der Waals surface area contributed by atoms with Gasteiger partial charge in [0, 0.05) is 24.7 Å². The van der Waals surface area contributed by atoms with Gasteiger partial charge in [-0.15, -0.1) is 11.3 Å². The Morgan fingerprint density at radius 3 is 2.58 bits per heavy atom. The summed E-state index contributed by atoms with van der Waals surface area (Å²) in [7, 11) is -1.88. The van der Waals surface area contributed by atoms with Gasteiger partial charge in [-0.25, -0.2) is 8.42 Å².